The molecule has 35 heavy (non-hydrogen) atoms. The number of aromatic nitrogens is 3. The number of pyridine rings is 2. The third-order valence-corrected chi connectivity index (χ3v) is 6.76. The zero-order valence-electron chi connectivity index (χ0n) is 19.5. The average Bonchev–Trinajstić information content (AvgIpc) is 3.25. The van der Waals surface area contributed by atoms with Gasteiger partial charge in [0.25, 0.3) is 0 Å². The Balaban J connectivity index is 1.45. The highest BCUT2D eigenvalue weighted by Gasteiger charge is 2.18. The molecule has 0 amide bonds. The molecule has 0 bridgehead atoms. The minimum atomic E-state index is 0.305. The van der Waals surface area contributed by atoms with Crippen LogP contribution in [-0.2, 0) is 4.74 Å². The summed E-state index contributed by atoms with van der Waals surface area (Å²) in [5, 5.41) is 15.5. The lowest BCUT2D eigenvalue weighted by molar-refractivity contribution is 0.0904. The van der Waals surface area contributed by atoms with E-state index in [1.165, 1.54) is 0 Å². The largest absolute Gasteiger partial charge is 0.381 e. The minimum absolute atomic E-state index is 0.305. The summed E-state index contributed by atoms with van der Waals surface area (Å²) in [5.74, 6) is 0. The van der Waals surface area contributed by atoms with E-state index < -0.39 is 0 Å². The standard InChI is InChI=1S/C29H25N5O/c1-19-18-34(24-7-6-21(16-30)27(15-24)33-23-9-12-35-13-10-23)29-28(19)25(8-11-31-29)22-14-20-4-2-3-5-26(20)32-17-22/h2-8,11,14-15,17-18,23,33H,9-10,12-13H2,1H3. The molecular formula is C29H25N5O. The quantitative estimate of drug-likeness (QED) is 0.356. The maximum absolute atomic E-state index is 9.68. The van der Waals surface area contributed by atoms with E-state index in [4.69, 9.17) is 9.72 Å². The van der Waals surface area contributed by atoms with Gasteiger partial charge in [-0.25, -0.2) is 4.98 Å². The van der Waals surface area contributed by atoms with E-state index in [0.29, 0.717) is 11.6 Å². The van der Waals surface area contributed by atoms with Crippen LogP contribution in [0.1, 0.15) is 24.0 Å². The molecule has 0 aliphatic carbocycles. The molecule has 1 saturated heterocycles. The van der Waals surface area contributed by atoms with Crippen molar-refractivity contribution in [3.05, 3.63) is 84.3 Å². The maximum Gasteiger partial charge on any atom is 0.145 e. The van der Waals surface area contributed by atoms with E-state index in [1.54, 1.807) is 0 Å². The zero-order chi connectivity index (χ0) is 23.8. The van der Waals surface area contributed by atoms with Crippen molar-refractivity contribution in [2.75, 3.05) is 18.5 Å². The Labute approximate surface area is 203 Å². The molecule has 6 heteroatoms. The summed E-state index contributed by atoms with van der Waals surface area (Å²) >= 11 is 0. The van der Waals surface area contributed by atoms with Crippen molar-refractivity contribution in [3.8, 4) is 22.9 Å². The fourth-order valence-electron chi connectivity index (χ4n) is 4.96. The summed E-state index contributed by atoms with van der Waals surface area (Å²) in [6.07, 6.45) is 7.78. The van der Waals surface area contributed by atoms with Crippen LogP contribution in [0.5, 0.6) is 0 Å². The van der Waals surface area contributed by atoms with Crippen LogP contribution in [0.3, 0.4) is 0 Å². The van der Waals surface area contributed by atoms with Gasteiger partial charge in [-0.2, -0.15) is 5.26 Å². The van der Waals surface area contributed by atoms with Gasteiger partial charge in [0.05, 0.1) is 16.8 Å². The van der Waals surface area contributed by atoms with E-state index in [2.05, 4.69) is 58.3 Å². The number of nitrogens with one attached hydrogen (secondary N) is 1. The van der Waals surface area contributed by atoms with Crippen molar-refractivity contribution in [2.24, 2.45) is 0 Å². The number of aryl methyl sites for hydroxylation is 1. The molecule has 0 radical (unpaired) electrons. The smallest absolute Gasteiger partial charge is 0.145 e. The Morgan fingerprint density at radius 2 is 1.91 bits per heavy atom. The normalized spacial score (nSPS) is 14.3. The Morgan fingerprint density at radius 1 is 1.06 bits per heavy atom. The lowest BCUT2D eigenvalue weighted by Crippen LogP contribution is -2.28. The van der Waals surface area contributed by atoms with Crippen LogP contribution in [0.15, 0.2) is 73.2 Å². The number of nitriles is 1. The van der Waals surface area contributed by atoms with Gasteiger partial charge in [-0.05, 0) is 67.3 Å². The first kappa shape index (κ1) is 21.3. The molecule has 6 nitrogen and oxygen atoms in total. The van der Waals surface area contributed by atoms with Gasteiger partial charge in [0.1, 0.15) is 11.7 Å². The lowest BCUT2D eigenvalue weighted by Gasteiger charge is -2.25. The van der Waals surface area contributed by atoms with Crippen molar-refractivity contribution in [1.29, 1.82) is 5.26 Å². The number of ether oxygens (including phenoxy) is 1. The minimum Gasteiger partial charge on any atom is -0.381 e. The van der Waals surface area contributed by atoms with E-state index in [-0.39, 0.29) is 0 Å². The topological polar surface area (TPSA) is 75.8 Å². The van der Waals surface area contributed by atoms with Gasteiger partial charge >= 0.3 is 0 Å². The fourth-order valence-corrected chi connectivity index (χ4v) is 4.96. The zero-order valence-corrected chi connectivity index (χ0v) is 19.5. The van der Waals surface area contributed by atoms with Gasteiger partial charge in [-0.3, -0.25) is 4.98 Å². The molecule has 4 heterocycles. The van der Waals surface area contributed by atoms with Crippen LogP contribution in [0.4, 0.5) is 5.69 Å². The van der Waals surface area contributed by atoms with Gasteiger partial charge in [0.2, 0.25) is 0 Å². The van der Waals surface area contributed by atoms with Crippen LogP contribution in [0.25, 0.3) is 38.8 Å². The first-order valence-corrected chi connectivity index (χ1v) is 11.9. The van der Waals surface area contributed by atoms with Crippen LogP contribution >= 0.6 is 0 Å². The van der Waals surface area contributed by atoms with E-state index in [0.717, 1.165) is 76.1 Å². The second kappa shape index (κ2) is 8.86. The molecule has 3 aromatic heterocycles. The number of hydrogen-bond donors (Lipinski definition) is 1. The van der Waals surface area contributed by atoms with Crippen molar-refractivity contribution in [1.82, 2.24) is 14.5 Å². The number of para-hydroxylation sites is 1. The number of rotatable bonds is 4. The van der Waals surface area contributed by atoms with Gasteiger partial charge in [0.15, 0.2) is 0 Å². The Morgan fingerprint density at radius 3 is 2.77 bits per heavy atom. The third kappa shape index (κ3) is 3.90. The number of nitrogens with zero attached hydrogens (tertiary/aromatic N) is 4. The molecule has 1 fully saturated rings. The van der Waals surface area contributed by atoms with Crippen molar-refractivity contribution >= 4 is 27.6 Å². The molecule has 5 aromatic rings. The molecule has 0 spiro atoms. The molecule has 172 valence electrons. The summed E-state index contributed by atoms with van der Waals surface area (Å²) < 4.78 is 7.60. The molecule has 2 aromatic carbocycles. The molecule has 6 rings (SSSR count). The second-order valence-electron chi connectivity index (χ2n) is 9.03. The summed E-state index contributed by atoms with van der Waals surface area (Å²) in [4.78, 5) is 9.43. The number of fused-ring (bicyclic) bond motifs is 2. The maximum atomic E-state index is 9.68. The SMILES string of the molecule is Cc1cn(-c2ccc(C#N)c(NC3CCOCC3)c2)c2nccc(-c3cnc4ccccc4c3)c12. The van der Waals surface area contributed by atoms with E-state index >= 15 is 0 Å². The van der Waals surface area contributed by atoms with Crippen LogP contribution in [0, 0.1) is 18.3 Å². The van der Waals surface area contributed by atoms with Gasteiger partial charge in [-0.15, -0.1) is 0 Å². The van der Waals surface area contributed by atoms with Crippen molar-refractivity contribution in [3.63, 3.8) is 0 Å². The molecule has 1 aliphatic rings. The van der Waals surface area contributed by atoms with Crippen molar-refractivity contribution < 1.29 is 4.74 Å². The van der Waals surface area contributed by atoms with Gasteiger partial charge in [0, 0.05) is 59.9 Å². The first-order chi connectivity index (χ1) is 17.2. The van der Waals surface area contributed by atoms with E-state index in [9.17, 15) is 5.26 Å². The Hall–Kier alpha value is -4.21. The lowest BCUT2D eigenvalue weighted by atomic mass is 10.0. The van der Waals surface area contributed by atoms with Gasteiger partial charge < -0.3 is 14.6 Å². The molecule has 1 N–H and O–H groups in total. The van der Waals surface area contributed by atoms with Crippen LogP contribution in [-0.4, -0.2) is 33.8 Å². The first-order valence-electron chi connectivity index (χ1n) is 11.9. The number of benzene rings is 2. The molecule has 0 atom stereocenters. The van der Waals surface area contributed by atoms with Crippen LogP contribution in [0.2, 0.25) is 0 Å². The average molecular weight is 460 g/mol. The van der Waals surface area contributed by atoms with E-state index in [1.807, 2.05) is 42.7 Å². The second-order valence-corrected chi connectivity index (χ2v) is 9.03. The summed E-state index contributed by atoms with van der Waals surface area (Å²) in [6.45, 7) is 3.61. The third-order valence-electron chi connectivity index (χ3n) is 6.76. The fraction of sp³-hybridized carbons (Fsp3) is 0.207. The number of anilines is 1. The van der Waals surface area contributed by atoms with Crippen LogP contribution < -0.4 is 5.32 Å². The van der Waals surface area contributed by atoms with Gasteiger partial charge in [-0.1, -0.05) is 18.2 Å². The predicted octanol–water partition coefficient (Wildman–Crippen LogP) is 6.01. The summed E-state index contributed by atoms with van der Waals surface area (Å²) in [5.41, 5.74) is 7.65. The molecule has 0 unspecified atom stereocenters. The number of hydrogen-bond acceptors (Lipinski definition) is 5. The molecule has 0 saturated carbocycles. The Bertz CT molecular complexity index is 1590. The molecular weight excluding hydrogens is 434 g/mol. The Kier molecular flexibility index (Phi) is 5.40. The highest BCUT2D eigenvalue weighted by Crippen LogP contribution is 2.34. The highest BCUT2D eigenvalue weighted by atomic mass is 16.5. The monoisotopic (exact) mass is 459 g/mol. The van der Waals surface area contributed by atoms with Crippen molar-refractivity contribution in [2.45, 2.75) is 25.8 Å². The highest BCUT2D eigenvalue weighted by molar-refractivity contribution is 5.98. The summed E-state index contributed by atoms with van der Waals surface area (Å²) in [7, 11) is 0. The summed E-state index contributed by atoms with van der Waals surface area (Å²) in [6, 6.07) is 21.0. The predicted molar refractivity (Wildman–Crippen MR) is 139 cm³/mol. The molecule has 1 aliphatic heterocycles.